The zero-order chi connectivity index (χ0) is 12.3. The van der Waals surface area contributed by atoms with Crippen molar-refractivity contribution >= 4 is 0 Å². The average Bonchev–Trinajstić information content (AvgIpc) is 2.77. The molecule has 3 atom stereocenters. The van der Waals surface area contributed by atoms with E-state index >= 15 is 0 Å². The summed E-state index contributed by atoms with van der Waals surface area (Å²) >= 11 is 0. The molecular formula is C14H28N2O. The Hall–Kier alpha value is -0.120. The van der Waals surface area contributed by atoms with E-state index in [1.807, 2.05) is 6.92 Å². The van der Waals surface area contributed by atoms with Gasteiger partial charge in [-0.05, 0) is 65.2 Å². The average molecular weight is 240 g/mol. The van der Waals surface area contributed by atoms with Crippen molar-refractivity contribution in [2.75, 3.05) is 33.2 Å². The summed E-state index contributed by atoms with van der Waals surface area (Å²) in [6, 6.07) is 0.800. The normalized spacial score (nSPS) is 34.1. The molecule has 2 rings (SSSR count). The van der Waals surface area contributed by atoms with Gasteiger partial charge in [-0.1, -0.05) is 6.42 Å². The van der Waals surface area contributed by atoms with Crippen LogP contribution in [0.3, 0.4) is 0 Å². The van der Waals surface area contributed by atoms with E-state index in [0.717, 1.165) is 12.6 Å². The molecule has 17 heavy (non-hydrogen) atoms. The molecule has 0 aromatic heterocycles. The topological polar surface area (TPSA) is 26.7 Å². The minimum Gasteiger partial charge on any atom is -0.393 e. The van der Waals surface area contributed by atoms with Crippen LogP contribution in [0.1, 0.15) is 39.0 Å². The van der Waals surface area contributed by atoms with Crippen molar-refractivity contribution in [1.29, 1.82) is 0 Å². The highest BCUT2D eigenvalue weighted by atomic mass is 16.3. The Bertz CT molecular complexity index is 232. The molecule has 2 saturated heterocycles. The predicted molar refractivity (Wildman–Crippen MR) is 71.1 cm³/mol. The van der Waals surface area contributed by atoms with Crippen LogP contribution in [0.2, 0.25) is 0 Å². The molecule has 0 saturated carbocycles. The molecule has 2 aliphatic heterocycles. The van der Waals surface area contributed by atoms with Crippen molar-refractivity contribution < 1.29 is 5.11 Å². The summed E-state index contributed by atoms with van der Waals surface area (Å²) in [6.45, 7) is 6.72. The molecule has 0 amide bonds. The quantitative estimate of drug-likeness (QED) is 0.808. The molecule has 0 radical (unpaired) electrons. The maximum absolute atomic E-state index is 9.59. The summed E-state index contributed by atoms with van der Waals surface area (Å²) in [5, 5.41) is 9.59. The van der Waals surface area contributed by atoms with Gasteiger partial charge in [0.15, 0.2) is 0 Å². The van der Waals surface area contributed by atoms with Crippen molar-refractivity contribution in [1.82, 2.24) is 9.80 Å². The van der Waals surface area contributed by atoms with E-state index < -0.39 is 0 Å². The van der Waals surface area contributed by atoms with Gasteiger partial charge >= 0.3 is 0 Å². The third kappa shape index (κ3) is 3.67. The minimum absolute atomic E-state index is 0.127. The molecule has 0 aromatic carbocycles. The Kier molecular flexibility index (Phi) is 4.83. The second-order valence-electron chi connectivity index (χ2n) is 6.01. The fraction of sp³-hybridized carbons (Fsp3) is 1.00. The summed E-state index contributed by atoms with van der Waals surface area (Å²) in [4.78, 5) is 5.07. The molecule has 2 fully saturated rings. The highest BCUT2D eigenvalue weighted by Gasteiger charge is 2.27. The molecule has 0 spiro atoms. The minimum atomic E-state index is -0.127. The lowest BCUT2D eigenvalue weighted by atomic mass is 10.00. The molecule has 3 unspecified atom stereocenters. The van der Waals surface area contributed by atoms with Crippen LogP contribution >= 0.6 is 0 Å². The Morgan fingerprint density at radius 2 is 2.06 bits per heavy atom. The van der Waals surface area contributed by atoms with Gasteiger partial charge in [-0.15, -0.1) is 0 Å². The molecule has 0 bridgehead atoms. The number of aliphatic hydroxyl groups excluding tert-OH is 1. The summed E-state index contributed by atoms with van der Waals surface area (Å²) in [6.07, 6.45) is 6.52. The van der Waals surface area contributed by atoms with Crippen molar-refractivity contribution in [3.8, 4) is 0 Å². The van der Waals surface area contributed by atoms with Crippen LogP contribution in [0.4, 0.5) is 0 Å². The maximum atomic E-state index is 9.59. The zero-order valence-corrected chi connectivity index (χ0v) is 11.4. The molecule has 2 aliphatic rings. The lowest BCUT2D eigenvalue weighted by Crippen LogP contribution is -2.38. The van der Waals surface area contributed by atoms with Crippen molar-refractivity contribution in [3.63, 3.8) is 0 Å². The van der Waals surface area contributed by atoms with Crippen LogP contribution in [0.25, 0.3) is 0 Å². The number of rotatable bonds is 4. The van der Waals surface area contributed by atoms with Gasteiger partial charge in [0.2, 0.25) is 0 Å². The lowest BCUT2D eigenvalue weighted by molar-refractivity contribution is 0.123. The highest BCUT2D eigenvalue weighted by Crippen LogP contribution is 2.22. The van der Waals surface area contributed by atoms with Gasteiger partial charge in [0.05, 0.1) is 6.10 Å². The summed E-state index contributed by atoms with van der Waals surface area (Å²) in [7, 11) is 2.27. The Labute approximate surface area is 106 Å². The van der Waals surface area contributed by atoms with Gasteiger partial charge < -0.3 is 14.9 Å². The standard InChI is InChI=1S/C14H28N2O/c1-12(17)13-6-9-16(11-13)10-7-14-5-3-4-8-15(14)2/h12-14,17H,3-11H2,1-2H3. The fourth-order valence-corrected chi connectivity index (χ4v) is 3.30. The number of hydrogen-bond acceptors (Lipinski definition) is 3. The lowest BCUT2D eigenvalue weighted by Gasteiger charge is -2.33. The molecule has 3 heteroatoms. The number of nitrogens with zero attached hydrogens (tertiary/aromatic N) is 2. The van der Waals surface area contributed by atoms with E-state index in [1.54, 1.807) is 0 Å². The molecule has 1 N–H and O–H groups in total. The van der Waals surface area contributed by atoms with Gasteiger partial charge in [-0.25, -0.2) is 0 Å². The largest absolute Gasteiger partial charge is 0.393 e. The predicted octanol–water partition coefficient (Wildman–Crippen LogP) is 1.56. The van der Waals surface area contributed by atoms with Crippen LogP contribution in [-0.4, -0.2) is 60.3 Å². The first-order valence-electron chi connectivity index (χ1n) is 7.27. The van der Waals surface area contributed by atoms with Crippen molar-refractivity contribution in [3.05, 3.63) is 0 Å². The molecule has 0 aromatic rings. The highest BCUT2D eigenvalue weighted by molar-refractivity contribution is 4.81. The van der Waals surface area contributed by atoms with Gasteiger partial charge in [0.1, 0.15) is 0 Å². The van der Waals surface area contributed by atoms with E-state index in [0.29, 0.717) is 5.92 Å². The Morgan fingerprint density at radius 3 is 2.71 bits per heavy atom. The van der Waals surface area contributed by atoms with Crippen LogP contribution in [-0.2, 0) is 0 Å². The molecular weight excluding hydrogens is 212 g/mol. The summed E-state index contributed by atoms with van der Waals surface area (Å²) in [5.41, 5.74) is 0. The first-order valence-corrected chi connectivity index (χ1v) is 7.27. The van der Waals surface area contributed by atoms with Crippen LogP contribution in [0.5, 0.6) is 0 Å². The van der Waals surface area contributed by atoms with E-state index in [2.05, 4.69) is 16.8 Å². The molecule has 2 heterocycles. The van der Waals surface area contributed by atoms with E-state index in [9.17, 15) is 5.11 Å². The van der Waals surface area contributed by atoms with Gasteiger partial charge in [0.25, 0.3) is 0 Å². The number of hydrogen-bond donors (Lipinski definition) is 1. The third-order valence-electron chi connectivity index (χ3n) is 4.69. The van der Waals surface area contributed by atoms with Gasteiger partial charge in [0, 0.05) is 12.6 Å². The summed E-state index contributed by atoms with van der Waals surface area (Å²) < 4.78 is 0. The first kappa shape index (κ1) is 13.3. The monoisotopic (exact) mass is 240 g/mol. The van der Waals surface area contributed by atoms with E-state index in [1.165, 1.54) is 51.7 Å². The number of piperidine rings is 1. The van der Waals surface area contributed by atoms with Crippen molar-refractivity contribution in [2.45, 2.75) is 51.2 Å². The van der Waals surface area contributed by atoms with Crippen LogP contribution in [0, 0.1) is 5.92 Å². The number of aliphatic hydroxyl groups is 1. The second kappa shape index (κ2) is 6.17. The number of likely N-dealkylation sites (tertiary alicyclic amines) is 2. The maximum Gasteiger partial charge on any atom is 0.0552 e. The fourth-order valence-electron chi connectivity index (χ4n) is 3.30. The van der Waals surface area contributed by atoms with Crippen molar-refractivity contribution in [2.24, 2.45) is 5.92 Å². The Balaban J connectivity index is 1.68. The molecule has 100 valence electrons. The first-order chi connectivity index (χ1) is 8.16. The zero-order valence-electron chi connectivity index (χ0n) is 11.4. The SMILES string of the molecule is CC(O)C1CCN(CCC2CCCCN2C)C1. The van der Waals surface area contributed by atoms with E-state index in [-0.39, 0.29) is 6.10 Å². The van der Waals surface area contributed by atoms with E-state index in [4.69, 9.17) is 0 Å². The second-order valence-corrected chi connectivity index (χ2v) is 6.01. The van der Waals surface area contributed by atoms with Crippen LogP contribution < -0.4 is 0 Å². The Morgan fingerprint density at radius 1 is 1.24 bits per heavy atom. The smallest absolute Gasteiger partial charge is 0.0552 e. The molecule has 0 aliphatic carbocycles. The molecule has 3 nitrogen and oxygen atoms in total. The van der Waals surface area contributed by atoms with Crippen LogP contribution in [0.15, 0.2) is 0 Å². The third-order valence-corrected chi connectivity index (χ3v) is 4.69. The van der Waals surface area contributed by atoms with Gasteiger partial charge in [-0.3, -0.25) is 0 Å². The summed E-state index contributed by atoms with van der Waals surface area (Å²) in [5.74, 6) is 0.513. The van der Waals surface area contributed by atoms with Gasteiger partial charge in [-0.2, -0.15) is 0 Å².